The van der Waals surface area contributed by atoms with E-state index in [2.05, 4.69) is 12.2 Å². The molecule has 0 fully saturated rings. The Morgan fingerprint density at radius 1 is 1.08 bits per heavy atom. The summed E-state index contributed by atoms with van der Waals surface area (Å²) in [5.74, 6) is 0.527. The van der Waals surface area contributed by atoms with Crippen molar-refractivity contribution in [3.8, 4) is 0 Å². The van der Waals surface area contributed by atoms with Crippen molar-refractivity contribution in [2.45, 2.75) is 57.1 Å². The predicted molar refractivity (Wildman–Crippen MR) is 102 cm³/mol. The smallest absolute Gasteiger partial charge is 0.237 e. The van der Waals surface area contributed by atoms with Gasteiger partial charge in [-0.15, -0.1) is 11.8 Å². The van der Waals surface area contributed by atoms with Crippen LogP contribution in [0.5, 0.6) is 0 Å². The Morgan fingerprint density at radius 3 is 2.42 bits per heavy atom. The third-order valence-electron chi connectivity index (χ3n) is 3.79. The predicted octanol–water partition coefficient (Wildman–Crippen LogP) is 3.81. The third-order valence-corrected chi connectivity index (χ3v) is 5.14. The molecule has 5 heteroatoms. The minimum atomic E-state index is -0.397. The lowest BCUT2D eigenvalue weighted by Gasteiger charge is -2.17. The molecule has 1 aromatic carbocycles. The van der Waals surface area contributed by atoms with Crippen molar-refractivity contribution in [2.24, 2.45) is 5.73 Å². The molecule has 24 heavy (non-hydrogen) atoms. The molecule has 3 N–H and O–H groups in total. The molecule has 0 aliphatic carbocycles. The number of nitrogens with two attached hydrogens (primary N) is 1. The molecular weight excluding hydrogens is 320 g/mol. The number of amides is 2. The first-order valence-electron chi connectivity index (χ1n) is 8.87. The van der Waals surface area contributed by atoms with Crippen LogP contribution in [0.3, 0.4) is 0 Å². The third kappa shape index (κ3) is 8.96. The van der Waals surface area contributed by atoms with E-state index in [0.29, 0.717) is 6.54 Å². The van der Waals surface area contributed by atoms with Crippen molar-refractivity contribution in [1.29, 1.82) is 0 Å². The van der Waals surface area contributed by atoms with Gasteiger partial charge in [-0.25, -0.2) is 0 Å². The van der Waals surface area contributed by atoms with E-state index >= 15 is 0 Å². The van der Waals surface area contributed by atoms with Crippen LogP contribution in [-0.2, 0) is 9.59 Å². The maximum Gasteiger partial charge on any atom is 0.237 e. The fourth-order valence-electron chi connectivity index (χ4n) is 2.44. The SMILES string of the molecule is CCCCCCCCSC(C(=O)NCCC(N)=O)c1ccccc1. The maximum absolute atomic E-state index is 12.4. The Balaban J connectivity index is 2.44. The summed E-state index contributed by atoms with van der Waals surface area (Å²) in [6, 6.07) is 9.80. The number of benzene rings is 1. The van der Waals surface area contributed by atoms with Crippen LogP contribution in [0.1, 0.15) is 62.7 Å². The molecule has 1 rings (SSSR count). The van der Waals surface area contributed by atoms with Gasteiger partial charge in [0.15, 0.2) is 0 Å². The quantitative estimate of drug-likeness (QED) is 0.531. The minimum Gasteiger partial charge on any atom is -0.370 e. The van der Waals surface area contributed by atoms with Gasteiger partial charge in [0.2, 0.25) is 11.8 Å². The summed E-state index contributed by atoms with van der Waals surface area (Å²) in [5, 5.41) is 2.59. The fourth-order valence-corrected chi connectivity index (χ4v) is 3.63. The lowest BCUT2D eigenvalue weighted by atomic mass is 10.1. The van der Waals surface area contributed by atoms with E-state index in [-0.39, 0.29) is 17.6 Å². The molecule has 0 bridgehead atoms. The average Bonchev–Trinajstić information content (AvgIpc) is 2.57. The van der Waals surface area contributed by atoms with E-state index in [1.807, 2.05) is 30.3 Å². The van der Waals surface area contributed by atoms with Crippen LogP contribution in [0.25, 0.3) is 0 Å². The molecule has 4 nitrogen and oxygen atoms in total. The molecule has 0 saturated heterocycles. The van der Waals surface area contributed by atoms with Gasteiger partial charge in [-0.3, -0.25) is 9.59 Å². The van der Waals surface area contributed by atoms with Crippen LogP contribution >= 0.6 is 11.8 Å². The molecule has 2 amide bonds. The summed E-state index contributed by atoms with van der Waals surface area (Å²) in [5.41, 5.74) is 6.12. The van der Waals surface area contributed by atoms with Crippen LogP contribution in [0.2, 0.25) is 0 Å². The molecule has 1 atom stereocenters. The van der Waals surface area contributed by atoms with E-state index in [1.165, 1.54) is 32.1 Å². The first kappa shape index (κ1) is 20.6. The number of hydrogen-bond donors (Lipinski definition) is 2. The second-order valence-corrected chi connectivity index (χ2v) is 7.15. The molecule has 0 heterocycles. The normalized spacial score (nSPS) is 11.9. The van der Waals surface area contributed by atoms with E-state index < -0.39 is 5.91 Å². The number of rotatable bonds is 13. The molecule has 0 aromatic heterocycles. The van der Waals surface area contributed by atoms with E-state index in [9.17, 15) is 9.59 Å². The highest BCUT2D eigenvalue weighted by Crippen LogP contribution is 2.30. The average molecular weight is 351 g/mol. The second-order valence-electron chi connectivity index (χ2n) is 5.94. The number of carbonyl (C=O) groups is 2. The first-order chi connectivity index (χ1) is 11.6. The van der Waals surface area contributed by atoms with Gasteiger partial charge < -0.3 is 11.1 Å². The Labute approximate surface area is 150 Å². The summed E-state index contributed by atoms with van der Waals surface area (Å²) in [6.07, 6.45) is 7.67. The molecule has 1 aromatic rings. The van der Waals surface area contributed by atoms with Crippen LogP contribution in [0.4, 0.5) is 0 Å². The van der Waals surface area contributed by atoms with Gasteiger partial charge in [0.1, 0.15) is 5.25 Å². The summed E-state index contributed by atoms with van der Waals surface area (Å²) < 4.78 is 0. The monoisotopic (exact) mass is 350 g/mol. The molecule has 0 aliphatic heterocycles. The number of carbonyl (C=O) groups excluding carboxylic acids is 2. The van der Waals surface area contributed by atoms with Crippen molar-refractivity contribution >= 4 is 23.6 Å². The molecule has 0 aliphatic rings. The van der Waals surface area contributed by atoms with Gasteiger partial charge in [-0.2, -0.15) is 0 Å². The standard InChI is InChI=1S/C19H30N2O2S/c1-2-3-4-5-6-10-15-24-18(16-11-8-7-9-12-16)19(23)21-14-13-17(20)22/h7-9,11-12,18H,2-6,10,13-15H2,1H3,(H2,20,22)(H,21,23). The molecule has 1 unspecified atom stereocenters. The Bertz CT molecular complexity index is 480. The summed E-state index contributed by atoms with van der Waals surface area (Å²) >= 11 is 1.68. The van der Waals surface area contributed by atoms with Gasteiger partial charge in [-0.1, -0.05) is 69.4 Å². The Kier molecular flexibility index (Phi) is 11.0. The maximum atomic E-state index is 12.4. The lowest BCUT2D eigenvalue weighted by molar-refractivity contribution is -0.121. The number of primary amides is 1. The Morgan fingerprint density at radius 2 is 1.75 bits per heavy atom. The van der Waals surface area contributed by atoms with Gasteiger partial charge in [0.25, 0.3) is 0 Å². The molecular formula is C19H30N2O2S. The number of unbranched alkanes of at least 4 members (excludes halogenated alkanes) is 5. The van der Waals surface area contributed by atoms with Crippen molar-refractivity contribution in [3.63, 3.8) is 0 Å². The highest BCUT2D eigenvalue weighted by molar-refractivity contribution is 8.00. The topological polar surface area (TPSA) is 72.2 Å². The van der Waals surface area contributed by atoms with Gasteiger partial charge in [0.05, 0.1) is 0 Å². The second kappa shape index (κ2) is 12.9. The first-order valence-corrected chi connectivity index (χ1v) is 9.92. The molecule has 134 valence electrons. The zero-order valence-corrected chi connectivity index (χ0v) is 15.4. The van der Waals surface area contributed by atoms with E-state index in [4.69, 9.17) is 5.73 Å². The zero-order chi connectivity index (χ0) is 17.6. The van der Waals surface area contributed by atoms with Crippen LogP contribution < -0.4 is 11.1 Å². The van der Waals surface area contributed by atoms with Crippen molar-refractivity contribution in [2.75, 3.05) is 12.3 Å². The summed E-state index contributed by atoms with van der Waals surface area (Å²) in [4.78, 5) is 23.3. The highest BCUT2D eigenvalue weighted by Gasteiger charge is 2.20. The van der Waals surface area contributed by atoms with Crippen molar-refractivity contribution < 1.29 is 9.59 Å². The van der Waals surface area contributed by atoms with Crippen LogP contribution in [0.15, 0.2) is 30.3 Å². The number of hydrogen-bond acceptors (Lipinski definition) is 3. The van der Waals surface area contributed by atoms with Crippen LogP contribution in [0, 0.1) is 0 Å². The Hall–Kier alpha value is -1.49. The van der Waals surface area contributed by atoms with Crippen LogP contribution in [-0.4, -0.2) is 24.1 Å². The van der Waals surface area contributed by atoms with E-state index in [1.54, 1.807) is 11.8 Å². The molecule has 0 spiro atoms. The largest absolute Gasteiger partial charge is 0.370 e. The summed E-state index contributed by atoms with van der Waals surface area (Å²) in [7, 11) is 0. The fraction of sp³-hybridized carbons (Fsp3) is 0.579. The van der Waals surface area contributed by atoms with Crippen molar-refractivity contribution in [1.82, 2.24) is 5.32 Å². The van der Waals surface area contributed by atoms with Gasteiger partial charge >= 0.3 is 0 Å². The molecule has 0 saturated carbocycles. The van der Waals surface area contributed by atoms with E-state index in [0.717, 1.165) is 17.7 Å². The summed E-state index contributed by atoms with van der Waals surface area (Å²) in [6.45, 7) is 2.52. The van der Waals surface area contributed by atoms with Gasteiger partial charge in [-0.05, 0) is 17.7 Å². The lowest BCUT2D eigenvalue weighted by Crippen LogP contribution is -2.31. The van der Waals surface area contributed by atoms with Crippen molar-refractivity contribution in [3.05, 3.63) is 35.9 Å². The zero-order valence-electron chi connectivity index (χ0n) is 14.6. The number of nitrogens with one attached hydrogen (secondary N) is 1. The van der Waals surface area contributed by atoms with Gasteiger partial charge in [0, 0.05) is 13.0 Å². The number of thioether (sulfide) groups is 1. The minimum absolute atomic E-state index is 0.0431. The highest BCUT2D eigenvalue weighted by atomic mass is 32.2. The molecule has 0 radical (unpaired) electrons.